The Balaban J connectivity index is 2.00. The molecule has 4 aromatic rings. The Morgan fingerprint density at radius 2 is 1.84 bits per heavy atom. The van der Waals surface area contributed by atoms with Crippen molar-refractivity contribution in [2.75, 3.05) is 14.2 Å². The molecule has 2 heterocycles. The van der Waals surface area contributed by atoms with Crippen molar-refractivity contribution in [2.24, 2.45) is 0 Å². The van der Waals surface area contributed by atoms with Gasteiger partial charge in [-0.05, 0) is 23.3 Å². The van der Waals surface area contributed by atoms with E-state index in [0.717, 1.165) is 10.1 Å². The molecular weight excluding hydrogens is 396 g/mol. The molecule has 31 heavy (non-hydrogen) atoms. The minimum Gasteiger partial charge on any atom is -0.497 e. The molecule has 0 aliphatic rings. The van der Waals surface area contributed by atoms with Crippen molar-refractivity contribution >= 4 is 11.6 Å². The van der Waals surface area contributed by atoms with Crippen molar-refractivity contribution in [2.45, 2.75) is 6.42 Å². The first-order chi connectivity index (χ1) is 15.1. The van der Waals surface area contributed by atoms with Gasteiger partial charge in [-0.3, -0.25) is 9.89 Å². The number of H-pyrrole nitrogens is 1. The van der Waals surface area contributed by atoms with Crippen LogP contribution in [0.25, 0.3) is 16.8 Å². The second-order valence-electron chi connectivity index (χ2n) is 6.75. The molecule has 0 saturated carbocycles. The van der Waals surface area contributed by atoms with Crippen LogP contribution >= 0.6 is 0 Å². The molecule has 0 radical (unpaired) electrons. The number of fused-ring (bicyclic) bond motifs is 1. The van der Waals surface area contributed by atoms with Crippen molar-refractivity contribution in [3.63, 3.8) is 0 Å². The number of aromatic amines is 1. The number of hydrogen-bond acceptors (Lipinski definition) is 6. The lowest BCUT2D eigenvalue weighted by atomic mass is 9.96. The van der Waals surface area contributed by atoms with E-state index < -0.39 is 11.5 Å². The van der Waals surface area contributed by atoms with Gasteiger partial charge < -0.3 is 9.47 Å². The highest BCUT2D eigenvalue weighted by molar-refractivity contribution is 6.04. The Bertz CT molecular complexity index is 1360. The maximum absolute atomic E-state index is 13.1. The predicted molar refractivity (Wildman–Crippen MR) is 113 cm³/mol. The molecule has 2 aromatic carbocycles. The highest BCUT2D eigenvalue weighted by Gasteiger charge is 2.27. The molecule has 0 unspecified atom stereocenters. The lowest BCUT2D eigenvalue weighted by molar-refractivity contribution is 0.0603. The van der Waals surface area contributed by atoms with Crippen LogP contribution in [-0.4, -0.2) is 34.8 Å². The fourth-order valence-corrected chi connectivity index (χ4v) is 3.47. The Labute approximate surface area is 177 Å². The van der Waals surface area contributed by atoms with Gasteiger partial charge in [0.15, 0.2) is 5.65 Å². The molecule has 0 amide bonds. The van der Waals surface area contributed by atoms with Gasteiger partial charge in [0.1, 0.15) is 28.8 Å². The van der Waals surface area contributed by atoms with Crippen LogP contribution in [0.1, 0.15) is 27.3 Å². The minimum atomic E-state index is -0.697. The highest BCUT2D eigenvalue weighted by Crippen LogP contribution is 2.30. The van der Waals surface area contributed by atoms with Crippen molar-refractivity contribution < 1.29 is 14.3 Å². The van der Waals surface area contributed by atoms with Gasteiger partial charge in [-0.1, -0.05) is 42.5 Å². The molecule has 0 aliphatic carbocycles. The second-order valence-corrected chi connectivity index (χ2v) is 6.75. The first-order valence-electron chi connectivity index (χ1n) is 9.41. The summed E-state index contributed by atoms with van der Waals surface area (Å²) in [5, 5.41) is 12.7. The molecule has 4 rings (SSSR count). The normalized spacial score (nSPS) is 10.6. The molecule has 1 N–H and O–H groups in total. The number of aromatic nitrogens is 3. The zero-order valence-electron chi connectivity index (χ0n) is 16.9. The smallest absolute Gasteiger partial charge is 0.342 e. The zero-order chi connectivity index (χ0) is 22.0. The van der Waals surface area contributed by atoms with Crippen LogP contribution in [-0.2, 0) is 11.2 Å². The van der Waals surface area contributed by atoms with Crippen molar-refractivity contribution in [3.8, 4) is 22.9 Å². The van der Waals surface area contributed by atoms with E-state index in [1.165, 1.54) is 14.2 Å². The lowest BCUT2D eigenvalue weighted by Crippen LogP contribution is -2.22. The number of carbonyl (C=O) groups is 1. The molecule has 2 aromatic heterocycles. The predicted octanol–water partition coefficient (Wildman–Crippen LogP) is 2.95. The van der Waals surface area contributed by atoms with Gasteiger partial charge in [-0.15, -0.1) is 0 Å². The number of nitrogens with zero attached hydrogens (tertiary/aromatic N) is 3. The molecule has 0 saturated heterocycles. The lowest BCUT2D eigenvalue weighted by Gasteiger charge is -2.11. The fraction of sp³-hybridized carbons (Fsp3) is 0.130. The quantitative estimate of drug-likeness (QED) is 0.503. The summed E-state index contributed by atoms with van der Waals surface area (Å²) in [6.45, 7) is 0. The number of rotatable bonds is 5. The molecular formula is C23H18N4O4. The van der Waals surface area contributed by atoms with Gasteiger partial charge in [0.2, 0.25) is 0 Å². The third kappa shape index (κ3) is 3.53. The molecule has 8 heteroatoms. The zero-order valence-corrected chi connectivity index (χ0v) is 16.9. The number of pyridine rings is 1. The highest BCUT2D eigenvalue weighted by atomic mass is 16.5. The summed E-state index contributed by atoms with van der Waals surface area (Å²) in [5.41, 5.74) is 1.03. The number of nitrogens with one attached hydrogen (secondary N) is 1. The summed E-state index contributed by atoms with van der Waals surface area (Å²) in [5.74, 6) is 0.381. The summed E-state index contributed by atoms with van der Waals surface area (Å²) < 4.78 is 11.3. The third-order valence-electron chi connectivity index (χ3n) is 4.93. The number of nitriles is 1. The number of carbonyl (C=O) groups excluding carboxylic acids is 1. The summed E-state index contributed by atoms with van der Waals surface area (Å²) in [6.07, 6.45) is 0.419. The maximum atomic E-state index is 13.1. The van der Waals surface area contributed by atoms with Crippen LogP contribution in [0.5, 0.6) is 5.75 Å². The number of hydrogen-bond donors (Lipinski definition) is 1. The first-order valence-corrected chi connectivity index (χ1v) is 9.41. The number of ether oxygens (including phenoxy) is 2. The average molecular weight is 414 g/mol. The first kappa shape index (κ1) is 19.9. The summed E-state index contributed by atoms with van der Waals surface area (Å²) >= 11 is 0. The van der Waals surface area contributed by atoms with Crippen LogP contribution in [0.2, 0.25) is 0 Å². The summed E-state index contributed by atoms with van der Waals surface area (Å²) in [6, 6.07) is 18.2. The Morgan fingerprint density at radius 1 is 1.13 bits per heavy atom. The third-order valence-corrected chi connectivity index (χ3v) is 4.93. The SMILES string of the molecule is COC(=O)c1c(-c2ccc(OC)cc2)c(C#N)c(=O)n2[nH]c(Cc3ccccc3)nc12. The monoisotopic (exact) mass is 414 g/mol. The average Bonchev–Trinajstić information content (AvgIpc) is 3.23. The minimum absolute atomic E-state index is 0.0411. The van der Waals surface area contributed by atoms with E-state index in [2.05, 4.69) is 10.1 Å². The van der Waals surface area contributed by atoms with Crippen molar-refractivity contribution in [1.82, 2.24) is 14.6 Å². The van der Waals surface area contributed by atoms with Gasteiger partial charge in [-0.2, -0.15) is 9.78 Å². The van der Waals surface area contributed by atoms with Crippen LogP contribution in [0.4, 0.5) is 0 Å². The van der Waals surface area contributed by atoms with Gasteiger partial charge in [0.05, 0.1) is 14.2 Å². The standard InChI is InChI=1S/C23H18N4O4/c1-30-16-10-8-15(9-11-16)19-17(13-24)22(28)27-21(20(19)23(29)31-2)25-18(26-27)12-14-6-4-3-5-7-14/h3-11H,12H2,1-2H3,(H,25,26). The van der Waals surface area contributed by atoms with E-state index in [-0.39, 0.29) is 22.3 Å². The van der Waals surface area contributed by atoms with Gasteiger partial charge in [0, 0.05) is 12.0 Å². The summed E-state index contributed by atoms with van der Waals surface area (Å²) in [7, 11) is 2.78. The molecule has 154 valence electrons. The van der Waals surface area contributed by atoms with Crippen molar-refractivity contribution in [3.05, 3.63) is 87.5 Å². The van der Waals surface area contributed by atoms with E-state index >= 15 is 0 Å². The topological polar surface area (TPSA) is 109 Å². The Hall–Kier alpha value is -4.38. The maximum Gasteiger partial charge on any atom is 0.342 e. The van der Waals surface area contributed by atoms with E-state index in [0.29, 0.717) is 23.6 Å². The molecule has 0 aliphatic heterocycles. The van der Waals surface area contributed by atoms with E-state index in [1.54, 1.807) is 24.3 Å². The number of methoxy groups -OCH3 is 2. The second kappa shape index (κ2) is 8.16. The van der Waals surface area contributed by atoms with Crippen LogP contribution in [0.15, 0.2) is 59.4 Å². The molecule has 8 nitrogen and oxygen atoms in total. The van der Waals surface area contributed by atoms with Gasteiger partial charge in [0.25, 0.3) is 5.56 Å². The molecule has 0 bridgehead atoms. The van der Waals surface area contributed by atoms with Crippen LogP contribution < -0.4 is 10.3 Å². The Kier molecular flexibility index (Phi) is 5.24. The fourth-order valence-electron chi connectivity index (χ4n) is 3.47. The summed E-state index contributed by atoms with van der Waals surface area (Å²) in [4.78, 5) is 30.4. The molecule has 0 spiro atoms. The number of esters is 1. The van der Waals surface area contributed by atoms with E-state index in [1.807, 2.05) is 36.4 Å². The van der Waals surface area contributed by atoms with Gasteiger partial charge in [-0.25, -0.2) is 9.78 Å². The van der Waals surface area contributed by atoms with Crippen molar-refractivity contribution in [1.29, 1.82) is 5.26 Å². The van der Waals surface area contributed by atoms with Crippen LogP contribution in [0, 0.1) is 11.3 Å². The largest absolute Gasteiger partial charge is 0.497 e. The molecule has 0 atom stereocenters. The van der Waals surface area contributed by atoms with E-state index in [4.69, 9.17) is 9.47 Å². The number of benzene rings is 2. The van der Waals surface area contributed by atoms with Crippen LogP contribution in [0.3, 0.4) is 0 Å². The Morgan fingerprint density at radius 3 is 2.45 bits per heavy atom. The molecule has 0 fully saturated rings. The van der Waals surface area contributed by atoms with Gasteiger partial charge >= 0.3 is 5.97 Å². The van der Waals surface area contributed by atoms with E-state index in [9.17, 15) is 14.9 Å².